The average molecular weight is 231 g/mol. The zero-order valence-electron chi connectivity index (χ0n) is 9.34. The van der Waals surface area contributed by atoms with Gasteiger partial charge in [-0.2, -0.15) is 0 Å². The predicted molar refractivity (Wildman–Crippen MR) is 66.2 cm³/mol. The van der Waals surface area contributed by atoms with E-state index in [4.69, 9.17) is 11.5 Å². The van der Waals surface area contributed by atoms with Crippen molar-refractivity contribution in [3.05, 3.63) is 24.5 Å². The number of fused-ring (bicyclic) bond motifs is 1. The molecule has 2 aromatic rings. The van der Waals surface area contributed by atoms with Crippen LogP contribution in [0.25, 0.3) is 10.9 Å². The average Bonchev–Trinajstić information content (AvgIpc) is 2.29. The lowest BCUT2D eigenvalue weighted by atomic mass is 10.2. The van der Waals surface area contributed by atoms with E-state index >= 15 is 0 Å². The van der Waals surface area contributed by atoms with Crippen LogP contribution in [0.3, 0.4) is 0 Å². The molecule has 0 spiro atoms. The quantitative estimate of drug-likeness (QED) is 0.667. The molecule has 0 aliphatic carbocycles. The molecule has 6 nitrogen and oxygen atoms in total. The highest BCUT2D eigenvalue weighted by Gasteiger charge is 2.11. The molecule has 1 unspecified atom stereocenters. The van der Waals surface area contributed by atoms with Crippen molar-refractivity contribution in [2.45, 2.75) is 13.0 Å². The molecule has 1 amide bonds. The fourth-order valence-corrected chi connectivity index (χ4v) is 1.47. The Morgan fingerprint density at radius 2 is 2.18 bits per heavy atom. The summed E-state index contributed by atoms with van der Waals surface area (Å²) in [6, 6.07) is 4.81. The van der Waals surface area contributed by atoms with E-state index in [1.165, 1.54) is 6.33 Å². The lowest BCUT2D eigenvalue weighted by Gasteiger charge is -2.12. The van der Waals surface area contributed by atoms with Gasteiger partial charge in [0.05, 0.1) is 5.52 Å². The molecule has 5 N–H and O–H groups in total. The Balaban J connectivity index is 2.46. The third-order valence-corrected chi connectivity index (χ3v) is 2.44. The molecule has 0 saturated heterocycles. The molecule has 1 heterocycles. The van der Waals surface area contributed by atoms with Crippen LogP contribution in [0.1, 0.15) is 6.92 Å². The highest BCUT2D eigenvalue weighted by molar-refractivity contribution is 5.93. The summed E-state index contributed by atoms with van der Waals surface area (Å²) in [7, 11) is 0. The van der Waals surface area contributed by atoms with E-state index < -0.39 is 11.9 Å². The van der Waals surface area contributed by atoms with E-state index in [0.29, 0.717) is 11.5 Å². The van der Waals surface area contributed by atoms with Gasteiger partial charge in [-0.3, -0.25) is 4.79 Å². The maximum absolute atomic E-state index is 11.0. The zero-order chi connectivity index (χ0) is 12.4. The molecular weight excluding hydrogens is 218 g/mol. The van der Waals surface area contributed by atoms with Crippen LogP contribution in [-0.4, -0.2) is 21.9 Å². The van der Waals surface area contributed by atoms with E-state index in [-0.39, 0.29) is 0 Å². The van der Waals surface area contributed by atoms with Crippen LogP contribution < -0.4 is 16.8 Å². The summed E-state index contributed by atoms with van der Waals surface area (Å²) in [6.45, 7) is 1.67. The fraction of sp³-hybridized carbons (Fsp3) is 0.182. The van der Waals surface area contributed by atoms with Crippen LogP contribution in [-0.2, 0) is 4.79 Å². The minimum absolute atomic E-state index is 0.444. The highest BCUT2D eigenvalue weighted by atomic mass is 16.1. The number of hydrogen-bond acceptors (Lipinski definition) is 5. The molecule has 0 saturated carbocycles. The number of aromatic nitrogens is 2. The van der Waals surface area contributed by atoms with Crippen molar-refractivity contribution in [1.82, 2.24) is 9.97 Å². The lowest BCUT2D eigenvalue weighted by molar-refractivity contribution is -0.118. The van der Waals surface area contributed by atoms with Gasteiger partial charge in [0.15, 0.2) is 0 Å². The van der Waals surface area contributed by atoms with E-state index in [1.807, 2.05) is 0 Å². The number of benzene rings is 1. The molecular formula is C11H13N5O. The number of nitrogen functional groups attached to an aromatic ring is 1. The standard InChI is InChI=1S/C11H13N5O/c1-6(10(13)17)16-11-8-4-7(12)2-3-9(8)14-5-15-11/h2-6H,12H2,1H3,(H2,13,17)(H,14,15,16). The van der Waals surface area contributed by atoms with E-state index in [0.717, 1.165) is 10.9 Å². The molecule has 88 valence electrons. The van der Waals surface area contributed by atoms with Gasteiger partial charge in [0.2, 0.25) is 5.91 Å². The first-order valence-corrected chi connectivity index (χ1v) is 5.14. The van der Waals surface area contributed by atoms with Crippen LogP contribution in [0.15, 0.2) is 24.5 Å². The van der Waals surface area contributed by atoms with Gasteiger partial charge >= 0.3 is 0 Å². The van der Waals surface area contributed by atoms with Gasteiger partial charge < -0.3 is 16.8 Å². The van der Waals surface area contributed by atoms with E-state index in [2.05, 4.69) is 15.3 Å². The number of primary amides is 1. The number of anilines is 2. The summed E-state index contributed by atoms with van der Waals surface area (Å²) < 4.78 is 0. The summed E-state index contributed by atoms with van der Waals surface area (Å²) >= 11 is 0. The van der Waals surface area contributed by atoms with Gasteiger partial charge in [0.1, 0.15) is 18.2 Å². The van der Waals surface area contributed by atoms with Crippen LogP contribution in [0, 0.1) is 0 Å². The summed E-state index contributed by atoms with van der Waals surface area (Å²) in [5.74, 6) is 0.106. The van der Waals surface area contributed by atoms with Gasteiger partial charge in [-0.1, -0.05) is 0 Å². The van der Waals surface area contributed by atoms with Gasteiger partial charge in [-0.05, 0) is 25.1 Å². The molecule has 0 bridgehead atoms. The van der Waals surface area contributed by atoms with E-state index in [1.54, 1.807) is 25.1 Å². The summed E-state index contributed by atoms with van der Waals surface area (Å²) in [6.07, 6.45) is 1.43. The Labute approximate surface area is 98.0 Å². The third-order valence-electron chi connectivity index (χ3n) is 2.44. The number of rotatable bonds is 3. The van der Waals surface area contributed by atoms with Crippen LogP contribution >= 0.6 is 0 Å². The molecule has 0 aliphatic rings. The number of nitrogens with zero attached hydrogens (tertiary/aromatic N) is 2. The first-order chi connectivity index (χ1) is 8.08. The molecule has 6 heteroatoms. The minimum Gasteiger partial charge on any atom is -0.399 e. The van der Waals surface area contributed by atoms with Gasteiger partial charge in [0.25, 0.3) is 0 Å². The molecule has 1 atom stereocenters. The van der Waals surface area contributed by atoms with E-state index in [9.17, 15) is 4.79 Å². The lowest BCUT2D eigenvalue weighted by Crippen LogP contribution is -2.32. The van der Waals surface area contributed by atoms with Crippen molar-refractivity contribution < 1.29 is 4.79 Å². The predicted octanol–water partition coefficient (Wildman–Crippen LogP) is 0.498. The van der Waals surface area contributed by atoms with Crippen molar-refractivity contribution in [3.8, 4) is 0 Å². The molecule has 2 rings (SSSR count). The molecule has 17 heavy (non-hydrogen) atoms. The highest BCUT2D eigenvalue weighted by Crippen LogP contribution is 2.21. The van der Waals surface area contributed by atoms with Crippen LogP contribution in [0.4, 0.5) is 11.5 Å². The van der Waals surface area contributed by atoms with Crippen molar-refractivity contribution >= 4 is 28.3 Å². The first-order valence-electron chi connectivity index (χ1n) is 5.14. The summed E-state index contributed by atoms with van der Waals surface area (Å²) in [5, 5.41) is 3.69. The Kier molecular flexibility index (Phi) is 2.78. The number of hydrogen-bond donors (Lipinski definition) is 3. The molecule has 1 aromatic carbocycles. The summed E-state index contributed by atoms with van der Waals surface area (Å²) in [4.78, 5) is 19.2. The van der Waals surface area contributed by atoms with Crippen molar-refractivity contribution in [2.24, 2.45) is 5.73 Å². The van der Waals surface area contributed by atoms with Crippen molar-refractivity contribution in [2.75, 3.05) is 11.1 Å². The van der Waals surface area contributed by atoms with Gasteiger partial charge in [-0.15, -0.1) is 0 Å². The summed E-state index contributed by atoms with van der Waals surface area (Å²) in [5.41, 5.74) is 12.3. The van der Waals surface area contributed by atoms with Crippen molar-refractivity contribution in [3.63, 3.8) is 0 Å². The number of nitrogens with one attached hydrogen (secondary N) is 1. The second-order valence-corrected chi connectivity index (χ2v) is 3.77. The van der Waals surface area contributed by atoms with Crippen LogP contribution in [0.5, 0.6) is 0 Å². The third kappa shape index (κ3) is 2.25. The Morgan fingerprint density at radius 1 is 1.41 bits per heavy atom. The minimum atomic E-state index is -0.505. The maximum Gasteiger partial charge on any atom is 0.239 e. The zero-order valence-corrected chi connectivity index (χ0v) is 9.34. The first kappa shape index (κ1) is 11.1. The molecule has 1 aromatic heterocycles. The van der Waals surface area contributed by atoms with Crippen LogP contribution in [0.2, 0.25) is 0 Å². The number of nitrogens with two attached hydrogens (primary N) is 2. The monoisotopic (exact) mass is 231 g/mol. The second-order valence-electron chi connectivity index (χ2n) is 3.77. The molecule has 0 radical (unpaired) electrons. The topological polar surface area (TPSA) is 107 Å². The smallest absolute Gasteiger partial charge is 0.239 e. The normalized spacial score (nSPS) is 12.3. The fourth-order valence-electron chi connectivity index (χ4n) is 1.47. The SMILES string of the molecule is CC(Nc1ncnc2ccc(N)cc12)C(N)=O. The number of carbonyl (C=O) groups excluding carboxylic acids is 1. The van der Waals surface area contributed by atoms with Crippen molar-refractivity contribution in [1.29, 1.82) is 0 Å². The maximum atomic E-state index is 11.0. The largest absolute Gasteiger partial charge is 0.399 e. The Morgan fingerprint density at radius 3 is 2.88 bits per heavy atom. The Bertz CT molecular complexity index is 569. The molecule has 0 aliphatic heterocycles. The second kappa shape index (κ2) is 4.25. The number of carbonyl (C=O) groups is 1. The number of amides is 1. The van der Waals surface area contributed by atoms with Gasteiger partial charge in [0, 0.05) is 11.1 Å². The van der Waals surface area contributed by atoms with Gasteiger partial charge in [-0.25, -0.2) is 9.97 Å². The molecule has 0 fully saturated rings. The Hall–Kier alpha value is -2.37.